The maximum absolute atomic E-state index is 4.16. The molecular formula is C7H9N5S. The van der Waals surface area contributed by atoms with E-state index in [0.29, 0.717) is 6.54 Å². The standard InChI is InChI=1S/C7H9N5S/c1-5-2-8-6(11-5)3-9-7-4-10-12-13-7/h2,4,9H,3H2,1H3,(H,8,11). The number of hydrogen-bond acceptors (Lipinski definition) is 5. The van der Waals surface area contributed by atoms with E-state index < -0.39 is 0 Å². The minimum absolute atomic E-state index is 0.678. The minimum atomic E-state index is 0.678. The van der Waals surface area contributed by atoms with Gasteiger partial charge in [0.1, 0.15) is 10.8 Å². The van der Waals surface area contributed by atoms with Crippen LogP contribution in [0.3, 0.4) is 0 Å². The molecule has 5 nitrogen and oxygen atoms in total. The largest absolute Gasteiger partial charge is 0.367 e. The molecule has 0 atom stereocenters. The number of imidazole rings is 1. The van der Waals surface area contributed by atoms with Crippen molar-refractivity contribution >= 4 is 16.5 Å². The molecule has 2 aromatic heterocycles. The lowest BCUT2D eigenvalue weighted by molar-refractivity contribution is 0.995. The van der Waals surface area contributed by atoms with Crippen LogP contribution in [-0.4, -0.2) is 19.6 Å². The van der Waals surface area contributed by atoms with Crippen molar-refractivity contribution in [2.45, 2.75) is 13.5 Å². The third kappa shape index (κ3) is 2.03. The Morgan fingerprint density at radius 2 is 2.46 bits per heavy atom. The molecule has 6 heteroatoms. The summed E-state index contributed by atoms with van der Waals surface area (Å²) >= 11 is 1.34. The summed E-state index contributed by atoms with van der Waals surface area (Å²) in [6, 6.07) is 0. The van der Waals surface area contributed by atoms with Crippen molar-refractivity contribution in [1.82, 2.24) is 19.6 Å². The zero-order chi connectivity index (χ0) is 9.10. The molecule has 0 unspecified atom stereocenters. The van der Waals surface area contributed by atoms with Crippen LogP contribution in [-0.2, 0) is 6.54 Å². The van der Waals surface area contributed by atoms with Crippen molar-refractivity contribution in [2.24, 2.45) is 0 Å². The summed E-state index contributed by atoms with van der Waals surface area (Å²) in [5.74, 6) is 0.922. The highest BCUT2D eigenvalue weighted by molar-refractivity contribution is 7.09. The Morgan fingerprint density at radius 1 is 1.54 bits per heavy atom. The van der Waals surface area contributed by atoms with Crippen molar-refractivity contribution in [3.05, 3.63) is 23.9 Å². The molecule has 0 bridgehead atoms. The van der Waals surface area contributed by atoms with Gasteiger partial charge in [-0.05, 0) is 6.92 Å². The monoisotopic (exact) mass is 195 g/mol. The summed E-state index contributed by atoms with van der Waals surface area (Å²) in [6.45, 7) is 2.66. The first-order chi connectivity index (χ1) is 6.34. The second-order valence-corrected chi connectivity index (χ2v) is 3.43. The van der Waals surface area contributed by atoms with E-state index in [1.807, 2.05) is 13.1 Å². The fraction of sp³-hybridized carbons (Fsp3) is 0.286. The van der Waals surface area contributed by atoms with Gasteiger partial charge in [0, 0.05) is 23.4 Å². The van der Waals surface area contributed by atoms with Crippen molar-refractivity contribution in [3.63, 3.8) is 0 Å². The summed E-state index contributed by atoms with van der Waals surface area (Å²) in [5.41, 5.74) is 1.07. The average molecular weight is 195 g/mol. The van der Waals surface area contributed by atoms with E-state index in [2.05, 4.69) is 24.9 Å². The smallest absolute Gasteiger partial charge is 0.130 e. The third-order valence-corrected chi connectivity index (χ3v) is 2.17. The number of aryl methyl sites for hydroxylation is 1. The first-order valence-corrected chi connectivity index (χ1v) is 4.63. The molecule has 0 spiro atoms. The van der Waals surface area contributed by atoms with E-state index in [0.717, 1.165) is 16.5 Å². The number of nitrogens with zero attached hydrogens (tertiary/aromatic N) is 3. The summed E-state index contributed by atoms with van der Waals surface area (Å²) < 4.78 is 3.74. The SMILES string of the molecule is Cc1cnc(CNc2cnns2)[nH]1. The fourth-order valence-corrected chi connectivity index (χ4v) is 1.39. The Hall–Kier alpha value is -1.43. The van der Waals surface area contributed by atoms with Crippen LogP contribution in [0.4, 0.5) is 5.00 Å². The predicted molar refractivity (Wildman–Crippen MR) is 50.6 cm³/mol. The van der Waals surface area contributed by atoms with Gasteiger partial charge >= 0.3 is 0 Å². The van der Waals surface area contributed by atoms with Gasteiger partial charge in [-0.25, -0.2) is 4.98 Å². The molecule has 0 aromatic carbocycles. The highest BCUT2D eigenvalue weighted by Gasteiger charge is 1.98. The van der Waals surface area contributed by atoms with E-state index >= 15 is 0 Å². The normalized spacial score (nSPS) is 10.2. The molecule has 2 aromatic rings. The average Bonchev–Trinajstić information content (AvgIpc) is 2.71. The maximum Gasteiger partial charge on any atom is 0.130 e. The van der Waals surface area contributed by atoms with Crippen LogP contribution in [0.5, 0.6) is 0 Å². The number of nitrogens with one attached hydrogen (secondary N) is 2. The van der Waals surface area contributed by atoms with Crippen molar-refractivity contribution < 1.29 is 0 Å². The van der Waals surface area contributed by atoms with Gasteiger partial charge in [0.25, 0.3) is 0 Å². The topological polar surface area (TPSA) is 66.5 Å². The molecule has 13 heavy (non-hydrogen) atoms. The van der Waals surface area contributed by atoms with Crippen LogP contribution < -0.4 is 5.32 Å². The third-order valence-electron chi connectivity index (χ3n) is 1.55. The van der Waals surface area contributed by atoms with Gasteiger partial charge < -0.3 is 10.3 Å². The van der Waals surface area contributed by atoms with Crippen molar-refractivity contribution in [1.29, 1.82) is 0 Å². The molecule has 2 rings (SSSR count). The number of aromatic amines is 1. The predicted octanol–water partition coefficient (Wildman–Crippen LogP) is 1.18. The van der Waals surface area contributed by atoms with Crippen LogP contribution in [0, 0.1) is 6.92 Å². The van der Waals surface area contributed by atoms with Crippen molar-refractivity contribution in [3.8, 4) is 0 Å². The number of aromatic nitrogens is 4. The van der Waals surface area contributed by atoms with E-state index in [9.17, 15) is 0 Å². The first kappa shape index (κ1) is 8.18. The second kappa shape index (κ2) is 3.53. The lowest BCUT2D eigenvalue weighted by Crippen LogP contribution is -1.99. The van der Waals surface area contributed by atoms with Crippen LogP contribution in [0.2, 0.25) is 0 Å². The number of rotatable bonds is 3. The molecule has 0 aliphatic rings. The van der Waals surface area contributed by atoms with Gasteiger partial charge in [-0.15, -0.1) is 5.10 Å². The molecule has 2 heterocycles. The Morgan fingerprint density at radius 3 is 3.08 bits per heavy atom. The Labute approximate surface area is 79.4 Å². The lowest BCUT2D eigenvalue weighted by Gasteiger charge is -1.97. The van der Waals surface area contributed by atoms with Crippen LogP contribution >= 0.6 is 11.5 Å². The van der Waals surface area contributed by atoms with E-state index in [1.165, 1.54) is 11.5 Å². The Kier molecular flexibility index (Phi) is 2.22. The first-order valence-electron chi connectivity index (χ1n) is 3.86. The van der Waals surface area contributed by atoms with E-state index in [4.69, 9.17) is 0 Å². The molecular weight excluding hydrogens is 186 g/mol. The summed E-state index contributed by atoms with van der Waals surface area (Å²) in [7, 11) is 0. The highest BCUT2D eigenvalue weighted by Crippen LogP contribution is 2.09. The quantitative estimate of drug-likeness (QED) is 0.771. The molecule has 2 N–H and O–H groups in total. The second-order valence-electron chi connectivity index (χ2n) is 2.65. The maximum atomic E-state index is 4.16. The zero-order valence-corrected chi connectivity index (χ0v) is 7.93. The Bertz CT molecular complexity index is 366. The Balaban J connectivity index is 1.93. The highest BCUT2D eigenvalue weighted by atomic mass is 32.1. The molecule has 0 saturated carbocycles. The number of H-pyrrole nitrogens is 1. The zero-order valence-electron chi connectivity index (χ0n) is 7.11. The van der Waals surface area contributed by atoms with Crippen LogP contribution in [0.25, 0.3) is 0 Å². The number of hydrogen-bond donors (Lipinski definition) is 2. The van der Waals surface area contributed by atoms with Gasteiger partial charge in [-0.1, -0.05) is 4.49 Å². The van der Waals surface area contributed by atoms with Gasteiger partial charge in [-0.3, -0.25) is 0 Å². The molecule has 0 aliphatic carbocycles. The molecule has 0 saturated heterocycles. The summed E-state index contributed by atoms with van der Waals surface area (Å²) in [4.78, 5) is 7.29. The van der Waals surface area contributed by atoms with Crippen LogP contribution in [0.1, 0.15) is 11.5 Å². The minimum Gasteiger partial charge on any atom is -0.367 e. The van der Waals surface area contributed by atoms with Gasteiger partial charge in [0.2, 0.25) is 0 Å². The molecule has 0 amide bonds. The molecule has 68 valence electrons. The molecule has 0 aliphatic heterocycles. The van der Waals surface area contributed by atoms with Crippen LogP contribution in [0.15, 0.2) is 12.4 Å². The molecule has 0 radical (unpaired) electrons. The van der Waals surface area contributed by atoms with Gasteiger partial charge in [0.15, 0.2) is 0 Å². The van der Waals surface area contributed by atoms with Gasteiger partial charge in [-0.2, -0.15) is 0 Å². The summed E-state index contributed by atoms with van der Waals surface area (Å²) in [5, 5.41) is 7.82. The van der Waals surface area contributed by atoms with Gasteiger partial charge in [0.05, 0.1) is 12.7 Å². The summed E-state index contributed by atoms with van der Waals surface area (Å²) in [6.07, 6.45) is 3.50. The molecule has 0 fully saturated rings. The van der Waals surface area contributed by atoms with E-state index in [-0.39, 0.29) is 0 Å². The lowest BCUT2D eigenvalue weighted by atomic mass is 10.6. The van der Waals surface area contributed by atoms with E-state index in [1.54, 1.807) is 6.20 Å². The number of anilines is 1. The fourth-order valence-electron chi connectivity index (χ4n) is 0.973. The van der Waals surface area contributed by atoms with Crippen molar-refractivity contribution in [2.75, 3.05) is 5.32 Å².